The molecule has 0 bridgehead atoms. The first kappa shape index (κ1) is 42.2. The third kappa shape index (κ3) is 5.88. The predicted molar refractivity (Wildman–Crippen MR) is 307 cm³/mol. The van der Waals surface area contributed by atoms with E-state index in [0.717, 1.165) is 34.1 Å². The van der Waals surface area contributed by atoms with Gasteiger partial charge >= 0.3 is 0 Å². The summed E-state index contributed by atoms with van der Waals surface area (Å²) in [5, 5.41) is 2.47. The second-order valence-corrected chi connectivity index (χ2v) is 19.9. The van der Waals surface area contributed by atoms with Crippen LogP contribution in [0.4, 0.5) is 34.1 Å². The molecule has 1 unspecified atom stereocenters. The Morgan fingerprint density at radius 3 is 1.27 bits per heavy atom. The first-order chi connectivity index (χ1) is 36.7. The topological polar surface area (TPSA) is 6.48 Å². The SMILES string of the molecule is c1ccc(N(c2ccc3c(c2)-c2ccccc2C3(c2ccccc2)c2ccccc2)c2ccc3c(c2)C2(c4ccccc4-3)c3ccccc3-c3c2c(N(c2ccccc2)c2ccccc2)cc2ccccc32)cc1. The molecule has 15 rings (SSSR count). The third-order valence-electron chi connectivity index (χ3n) is 16.3. The Morgan fingerprint density at radius 2 is 0.662 bits per heavy atom. The molecule has 12 aromatic rings. The minimum Gasteiger partial charge on any atom is -0.310 e. The third-order valence-corrected chi connectivity index (χ3v) is 16.3. The van der Waals surface area contributed by atoms with Gasteiger partial charge in [0.2, 0.25) is 0 Å². The zero-order valence-electron chi connectivity index (χ0n) is 40.6. The normalized spacial score (nSPS) is 14.9. The average molecular weight is 941 g/mol. The Kier molecular flexibility index (Phi) is 9.43. The number of para-hydroxylation sites is 3. The molecular weight excluding hydrogens is 893 g/mol. The van der Waals surface area contributed by atoms with E-state index in [1.54, 1.807) is 0 Å². The van der Waals surface area contributed by atoms with Crippen LogP contribution in [0.1, 0.15) is 44.5 Å². The fourth-order valence-electron chi connectivity index (χ4n) is 13.5. The van der Waals surface area contributed by atoms with Gasteiger partial charge in [-0.25, -0.2) is 0 Å². The van der Waals surface area contributed by atoms with Gasteiger partial charge in [-0.3, -0.25) is 0 Å². The summed E-state index contributed by atoms with van der Waals surface area (Å²) in [5.74, 6) is 0. The van der Waals surface area contributed by atoms with Gasteiger partial charge in [-0.05, 0) is 150 Å². The molecule has 0 N–H and O–H groups in total. The van der Waals surface area contributed by atoms with E-state index in [9.17, 15) is 0 Å². The number of hydrogen-bond acceptors (Lipinski definition) is 2. The average Bonchev–Trinajstić information content (AvgIpc) is 4.17. The molecule has 3 aliphatic carbocycles. The molecule has 0 aromatic heterocycles. The lowest BCUT2D eigenvalue weighted by molar-refractivity contribution is 0.768. The molecule has 0 fully saturated rings. The van der Waals surface area contributed by atoms with Gasteiger partial charge < -0.3 is 9.80 Å². The van der Waals surface area contributed by atoms with E-state index in [1.807, 2.05) is 0 Å². The summed E-state index contributed by atoms with van der Waals surface area (Å²) in [5.41, 5.74) is 23.4. The van der Waals surface area contributed by atoms with Crippen molar-refractivity contribution in [2.24, 2.45) is 0 Å². The second-order valence-electron chi connectivity index (χ2n) is 19.9. The van der Waals surface area contributed by atoms with Crippen molar-refractivity contribution >= 4 is 44.9 Å². The fraction of sp³-hybridized carbons (Fsp3) is 0.0278. The quantitative estimate of drug-likeness (QED) is 0.150. The maximum Gasteiger partial charge on any atom is 0.0747 e. The van der Waals surface area contributed by atoms with Gasteiger partial charge in [-0.15, -0.1) is 0 Å². The van der Waals surface area contributed by atoms with Gasteiger partial charge in [0.1, 0.15) is 0 Å². The largest absolute Gasteiger partial charge is 0.310 e. The molecule has 12 aromatic carbocycles. The zero-order chi connectivity index (χ0) is 48.8. The Labute approximate surface area is 432 Å². The van der Waals surface area contributed by atoms with Crippen molar-refractivity contribution in [3.63, 3.8) is 0 Å². The van der Waals surface area contributed by atoms with Crippen molar-refractivity contribution < 1.29 is 0 Å². The van der Waals surface area contributed by atoms with Gasteiger partial charge in [-0.1, -0.05) is 224 Å². The highest BCUT2D eigenvalue weighted by Gasteiger charge is 2.54. The van der Waals surface area contributed by atoms with Crippen LogP contribution in [0.15, 0.2) is 291 Å². The predicted octanol–water partition coefficient (Wildman–Crippen LogP) is 18.5. The minimum atomic E-state index is -0.681. The van der Waals surface area contributed by atoms with Crippen molar-refractivity contribution in [3.8, 4) is 33.4 Å². The number of rotatable bonds is 8. The summed E-state index contributed by atoms with van der Waals surface area (Å²) >= 11 is 0. The highest BCUT2D eigenvalue weighted by atomic mass is 15.2. The van der Waals surface area contributed by atoms with Crippen molar-refractivity contribution in [1.29, 1.82) is 0 Å². The van der Waals surface area contributed by atoms with Crippen molar-refractivity contribution in [1.82, 2.24) is 0 Å². The van der Waals surface area contributed by atoms with E-state index >= 15 is 0 Å². The molecule has 0 saturated carbocycles. The lowest BCUT2D eigenvalue weighted by Crippen LogP contribution is -2.28. The van der Waals surface area contributed by atoms with Crippen LogP contribution < -0.4 is 9.80 Å². The van der Waals surface area contributed by atoms with E-state index < -0.39 is 10.8 Å². The summed E-state index contributed by atoms with van der Waals surface area (Å²) < 4.78 is 0. The summed E-state index contributed by atoms with van der Waals surface area (Å²) in [6.45, 7) is 0. The molecule has 1 atom stereocenters. The number of fused-ring (bicyclic) bond motifs is 15. The first-order valence-corrected chi connectivity index (χ1v) is 25.8. The first-order valence-electron chi connectivity index (χ1n) is 25.8. The van der Waals surface area contributed by atoms with Crippen molar-refractivity contribution in [2.75, 3.05) is 9.80 Å². The summed E-state index contributed by atoms with van der Waals surface area (Å²) in [6, 6.07) is 108. The van der Waals surface area contributed by atoms with E-state index in [-0.39, 0.29) is 0 Å². The minimum absolute atomic E-state index is 0.491. The molecule has 0 amide bonds. The smallest absolute Gasteiger partial charge is 0.0747 e. The summed E-state index contributed by atoms with van der Waals surface area (Å²) in [6.07, 6.45) is 0. The maximum absolute atomic E-state index is 2.53. The van der Waals surface area contributed by atoms with Crippen LogP contribution in [0.25, 0.3) is 44.2 Å². The Hall–Kier alpha value is -9.50. The molecule has 346 valence electrons. The Bertz CT molecular complexity index is 4050. The molecule has 2 heteroatoms. The number of anilines is 6. The standard InChI is InChI=1S/C72H48N2/c1-6-25-50(26-7-1)71(51-27-8-2-9-28-51)63-39-21-19-37-59(63)62-47-55(43-45-66(62)71)73(52-29-10-3-11-30-52)56-42-44-60-58-36-18-22-40-64(58)72(67(60)48-56)65-41-23-20-38-61(65)69-57-35-17-16-24-49(57)46-68(70(69)72)74(53-31-12-4-13-32-53)54-33-14-5-15-34-54/h1-48H. The highest BCUT2D eigenvalue weighted by molar-refractivity contribution is 6.11. The van der Waals surface area contributed by atoms with E-state index in [4.69, 9.17) is 0 Å². The Morgan fingerprint density at radius 1 is 0.243 bits per heavy atom. The zero-order valence-corrected chi connectivity index (χ0v) is 40.6. The highest BCUT2D eigenvalue weighted by Crippen LogP contribution is 2.67. The van der Waals surface area contributed by atoms with Crippen LogP contribution >= 0.6 is 0 Å². The van der Waals surface area contributed by atoms with Gasteiger partial charge in [0.05, 0.1) is 16.5 Å². The summed E-state index contributed by atoms with van der Waals surface area (Å²) in [4.78, 5) is 4.97. The van der Waals surface area contributed by atoms with E-state index in [2.05, 4.69) is 301 Å². The summed E-state index contributed by atoms with van der Waals surface area (Å²) in [7, 11) is 0. The molecule has 0 heterocycles. The number of hydrogen-bond donors (Lipinski definition) is 0. The van der Waals surface area contributed by atoms with E-state index in [1.165, 1.54) is 88.7 Å². The lowest BCUT2D eigenvalue weighted by Gasteiger charge is -2.37. The number of benzene rings is 12. The number of nitrogens with zero attached hydrogens (tertiary/aromatic N) is 2. The molecule has 0 radical (unpaired) electrons. The van der Waals surface area contributed by atoms with Crippen LogP contribution in [-0.2, 0) is 10.8 Å². The van der Waals surface area contributed by atoms with Crippen LogP contribution in [-0.4, -0.2) is 0 Å². The van der Waals surface area contributed by atoms with Gasteiger partial charge in [-0.2, -0.15) is 0 Å². The van der Waals surface area contributed by atoms with Crippen molar-refractivity contribution in [2.45, 2.75) is 10.8 Å². The molecular formula is C72H48N2. The van der Waals surface area contributed by atoms with E-state index in [0.29, 0.717) is 0 Å². The fourth-order valence-corrected chi connectivity index (χ4v) is 13.5. The van der Waals surface area contributed by atoms with Crippen LogP contribution in [0.2, 0.25) is 0 Å². The molecule has 1 spiro atoms. The lowest BCUT2D eigenvalue weighted by atomic mass is 9.68. The molecule has 3 aliphatic rings. The van der Waals surface area contributed by atoms with Crippen LogP contribution in [0.3, 0.4) is 0 Å². The maximum atomic E-state index is 2.53. The van der Waals surface area contributed by atoms with Gasteiger partial charge in [0.25, 0.3) is 0 Å². The van der Waals surface area contributed by atoms with Crippen LogP contribution in [0.5, 0.6) is 0 Å². The molecule has 2 nitrogen and oxygen atoms in total. The van der Waals surface area contributed by atoms with Crippen LogP contribution in [0, 0.1) is 0 Å². The Balaban J connectivity index is 1.01. The second kappa shape index (κ2) is 16.5. The van der Waals surface area contributed by atoms with Gasteiger partial charge in [0.15, 0.2) is 0 Å². The molecule has 74 heavy (non-hydrogen) atoms. The monoisotopic (exact) mass is 940 g/mol. The molecule has 0 aliphatic heterocycles. The van der Waals surface area contributed by atoms with Gasteiger partial charge in [0, 0.05) is 34.0 Å². The molecule has 0 saturated heterocycles. The van der Waals surface area contributed by atoms with Crippen molar-refractivity contribution in [3.05, 3.63) is 336 Å².